The summed E-state index contributed by atoms with van der Waals surface area (Å²) in [6.45, 7) is 1.90. The number of carbonyl (C=O) groups excluding carboxylic acids is 1. The van der Waals surface area contributed by atoms with Crippen LogP contribution in [0.3, 0.4) is 0 Å². The highest BCUT2D eigenvalue weighted by molar-refractivity contribution is 5.94. The molecule has 24 heavy (non-hydrogen) atoms. The molecule has 0 spiro atoms. The quantitative estimate of drug-likeness (QED) is 0.850. The SMILES string of the molecule is O=C(NCCc1ccccn1)c1cccc(OCC2CCCO2)c1. The number of benzene rings is 1. The Hall–Kier alpha value is -2.40. The zero-order valence-electron chi connectivity index (χ0n) is 13.6. The van der Waals surface area contributed by atoms with Crippen LogP contribution in [0.15, 0.2) is 48.7 Å². The minimum atomic E-state index is -0.103. The van der Waals surface area contributed by atoms with Crippen molar-refractivity contribution in [2.45, 2.75) is 25.4 Å². The van der Waals surface area contributed by atoms with Crippen molar-refractivity contribution in [1.29, 1.82) is 0 Å². The topological polar surface area (TPSA) is 60.5 Å². The van der Waals surface area contributed by atoms with Gasteiger partial charge in [-0.05, 0) is 43.2 Å². The molecule has 1 amide bonds. The molecular formula is C19H22N2O3. The Morgan fingerprint density at radius 3 is 3.04 bits per heavy atom. The van der Waals surface area contributed by atoms with Crippen molar-refractivity contribution in [3.8, 4) is 5.75 Å². The van der Waals surface area contributed by atoms with Crippen LogP contribution in [0.5, 0.6) is 5.75 Å². The number of ether oxygens (including phenoxy) is 2. The molecule has 126 valence electrons. The smallest absolute Gasteiger partial charge is 0.251 e. The molecule has 1 unspecified atom stereocenters. The van der Waals surface area contributed by atoms with Crippen molar-refractivity contribution < 1.29 is 14.3 Å². The highest BCUT2D eigenvalue weighted by Gasteiger charge is 2.16. The van der Waals surface area contributed by atoms with Gasteiger partial charge in [0.25, 0.3) is 5.91 Å². The zero-order valence-corrected chi connectivity index (χ0v) is 13.6. The van der Waals surface area contributed by atoms with Crippen LogP contribution in [-0.4, -0.2) is 36.8 Å². The molecule has 1 aliphatic rings. The minimum Gasteiger partial charge on any atom is -0.491 e. The average molecular weight is 326 g/mol. The third kappa shape index (κ3) is 4.80. The molecule has 1 N–H and O–H groups in total. The molecule has 5 heteroatoms. The first-order chi connectivity index (χ1) is 11.8. The fourth-order valence-electron chi connectivity index (χ4n) is 2.64. The maximum Gasteiger partial charge on any atom is 0.251 e. The summed E-state index contributed by atoms with van der Waals surface area (Å²) < 4.78 is 11.3. The first kappa shape index (κ1) is 16.5. The van der Waals surface area contributed by atoms with Crippen molar-refractivity contribution in [1.82, 2.24) is 10.3 Å². The first-order valence-electron chi connectivity index (χ1n) is 8.34. The van der Waals surface area contributed by atoms with E-state index in [4.69, 9.17) is 9.47 Å². The van der Waals surface area contributed by atoms with Gasteiger partial charge in [-0.3, -0.25) is 9.78 Å². The van der Waals surface area contributed by atoms with Gasteiger partial charge in [-0.15, -0.1) is 0 Å². The third-order valence-corrected chi connectivity index (χ3v) is 3.95. The van der Waals surface area contributed by atoms with Crippen molar-refractivity contribution in [3.63, 3.8) is 0 Å². The Kier molecular flexibility index (Phi) is 5.80. The summed E-state index contributed by atoms with van der Waals surface area (Å²) in [5.74, 6) is 0.594. The van der Waals surface area contributed by atoms with E-state index < -0.39 is 0 Å². The van der Waals surface area contributed by atoms with Crippen molar-refractivity contribution in [2.75, 3.05) is 19.8 Å². The summed E-state index contributed by atoms with van der Waals surface area (Å²) >= 11 is 0. The highest BCUT2D eigenvalue weighted by atomic mass is 16.5. The lowest BCUT2D eigenvalue weighted by Crippen LogP contribution is -2.26. The van der Waals surface area contributed by atoms with Gasteiger partial charge < -0.3 is 14.8 Å². The summed E-state index contributed by atoms with van der Waals surface area (Å²) in [6.07, 6.45) is 4.76. The lowest BCUT2D eigenvalue weighted by molar-refractivity contribution is 0.0679. The van der Waals surface area contributed by atoms with Crippen LogP contribution >= 0.6 is 0 Å². The largest absolute Gasteiger partial charge is 0.491 e. The van der Waals surface area contributed by atoms with Gasteiger partial charge in [-0.2, -0.15) is 0 Å². The van der Waals surface area contributed by atoms with E-state index in [0.29, 0.717) is 30.9 Å². The van der Waals surface area contributed by atoms with E-state index in [1.165, 1.54) is 0 Å². The number of pyridine rings is 1. The molecule has 1 fully saturated rings. The standard InChI is InChI=1S/C19H22N2O3/c22-19(21-11-9-16-6-1-2-10-20-16)15-5-3-7-17(13-15)24-14-18-8-4-12-23-18/h1-3,5-7,10,13,18H,4,8-9,11-12,14H2,(H,21,22). The van der Waals surface area contributed by atoms with E-state index in [1.54, 1.807) is 18.3 Å². The fraction of sp³-hybridized carbons (Fsp3) is 0.368. The minimum absolute atomic E-state index is 0.103. The normalized spacial score (nSPS) is 16.8. The lowest BCUT2D eigenvalue weighted by atomic mass is 10.2. The lowest BCUT2D eigenvalue weighted by Gasteiger charge is -2.12. The predicted octanol–water partition coefficient (Wildman–Crippen LogP) is 2.61. The number of rotatable bonds is 7. The van der Waals surface area contributed by atoms with Crippen LogP contribution in [0.25, 0.3) is 0 Å². The molecule has 0 saturated carbocycles. The van der Waals surface area contributed by atoms with E-state index in [-0.39, 0.29) is 12.0 Å². The molecular weight excluding hydrogens is 304 g/mol. The van der Waals surface area contributed by atoms with Gasteiger partial charge in [0.05, 0.1) is 6.10 Å². The molecule has 2 heterocycles. The zero-order chi connectivity index (χ0) is 16.6. The van der Waals surface area contributed by atoms with Gasteiger partial charge in [-0.25, -0.2) is 0 Å². The Balaban J connectivity index is 1.48. The van der Waals surface area contributed by atoms with Gasteiger partial charge >= 0.3 is 0 Å². The Labute approximate surface area is 142 Å². The molecule has 1 atom stereocenters. The van der Waals surface area contributed by atoms with E-state index >= 15 is 0 Å². The third-order valence-electron chi connectivity index (χ3n) is 3.95. The first-order valence-corrected chi connectivity index (χ1v) is 8.34. The number of amides is 1. The summed E-state index contributed by atoms with van der Waals surface area (Å²) in [5.41, 5.74) is 1.56. The molecule has 5 nitrogen and oxygen atoms in total. The van der Waals surface area contributed by atoms with Crippen molar-refractivity contribution >= 4 is 5.91 Å². The van der Waals surface area contributed by atoms with E-state index in [0.717, 1.165) is 25.1 Å². The Bertz CT molecular complexity index is 655. The molecule has 1 saturated heterocycles. The Morgan fingerprint density at radius 1 is 1.29 bits per heavy atom. The number of nitrogens with one attached hydrogen (secondary N) is 1. The molecule has 1 aromatic heterocycles. The monoisotopic (exact) mass is 326 g/mol. The maximum absolute atomic E-state index is 12.2. The van der Waals surface area contributed by atoms with Crippen LogP contribution in [0, 0.1) is 0 Å². The van der Waals surface area contributed by atoms with Crippen LogP contribution in [0.4, 0.5) is 0 Å². The number of hydrogen-bond acceptors (Lipinski definition) is 4. The number of nitrogens with zero attached hydrogens (tertiary/aromatic N) is 1. The van der Waals surface area contributed by atoms with E-state index in [2.05, 4.69) is 10.3 Å². The molecule has 0 bridgehead atoms. The van der Waals surface area contributed by atoms with Crippen LogP contribution in [0.2, 0.25) is 0 Å². The molecule has 3 rings (SSSR count). The number of carbonyl (C=O) groups is 1. The molecule has 1 aliphatic heterocycles. The highest BCUT2D eigenvalue weighted by Crippen LogP contribution is 2.17. The molecule has 2 aromatic rings. The van der Waals surface area contributed by atoms with E-state index in [9.17, 15) is 4.79 Å². The van der Waals surface area contributed by atoms with Crippen molar-refractivity contribution in [3.05, 3.63) is 59.9 Å². The Morgan fingerprint density at radius 2 is 2.25 bits per heavy atom. The summed E-state index contributed by atoms with van der Waals surface area (Å²) in [5, 5.41) is 2.91. The number of hydrogen-bond donors (Lipinski definition) is 1. The summed E-state index contributed by atoms with van der Waals surface area (Å²) in [7, 11) is 0. The second-order valence-electron chi connectivity index (χ2n) is 5.80. The summed E-state index contributed by atoms with van der Waals surface area (Å²) in [6, 6.07) is 13.0. The molecule has 0 radical (unpaired) electrons. The van der Waals surface area contributed by atoms with Gasteiger partial charge in [0.15, 0.2) is 0 Å². The van der Waals surface area contributed by atoms with Gasteiger partial charge in [-0.1, -0.05) is 12.1 Å². The molecule has 1 aromatic carbocycles. The van der Waals surface area contributed by atoms with Crippen LogP contribution < -0.4 is 10.1 Å². The van der Waals surface area contributed by atoms with Crippen LogP contribution in [-0.2, 0) is 11.2 Å². The van der Waals surface area contributed by atoms with Gasteiger partial charge in [0.1, 0.15) is 12.4 Å². The predicted molar refractivity (Wildman–Crippen MR) is 91.2 cm³/mol. The second-order valence-corrected chi connectivity index (χ2v) is 5.80. The molecule has 0 aliphatic carbocycles. The average Bonchev–Trinajstić information content (AvgIpc) is 3.15. The fourth-order valence-corrected chi connectivity index (χ4v) is 2.64. The maximum atomic E-state index is 12.2. The van der Waals surface area contributed by atoms with Gasteiger partial charge in [0, 0.05) is 37.0 Å². The summed E-state index contributed by atoms with van der Waals surface area (Å²) in [4.78, 5) is 16.5. The second kappa shape index (κ2) is 8.45. The number of aromatic nitrogens is 1. The van der Waals surface area contributed by atoms with Crippen molar-refractivity contribution in [2.24, 2.45) is 0 Å². The van der Waals surface area contributed by atoms with Crippen LogP contribution in [0.1, 0.15) is 28.9 Å². The van der Waals surface area contributed by atoms with Gasteiger partial charge in [0.2, 0.25) is 0 Å². The van der Waals surface area contributed by atoms with E-state index in [1.807, 2.05) is 30.3 Å².